The Kier molecular flexibility index (Phi) is 3.41. The number of hydrogen-bond donors (Lipinski definition) is 2. The second-order valence-corrected chi connectivity index (χ2v) is 4.60. The number of nitrogens with two attached hydrogens (primary N) is 1. The van der Waals surface area contributed by atoms with Gasteiger partial charge in [0.15, 0.2) is 9.37 Å². The fourth-order valence-corrected chi connectivity index (χ4v) is 2.42. The molecule has 0 aliphatic rings. The minimum Gasteiger partial charge on any atom is -0.303 e. The van der Waals surface area contributed by atoms with Crippen molar-refractivity contribution in [1.82, 2.24) is 19.3 Å². The Labute approximate surface area is 103 Å². The minimum absolute atomic E-state index is 0.0444. The summed E-state index contributed by atoms with van der Waals surface area (Å²) >= 11 is 2.15. The topological polar surface area (TPSA) is 133 Å². The van der Waals surface area contributed by atoms with Crippen LogP contribution in [0.4, 0.5) is 11.5 Å². The molecule has 11 heteroatoms. The van der Waals surface area contributed by atoms with Crippen LogP contribution in [0.3, 0.4) is 0 Å². The first-order valence-corrected chi connectivity index (χ1v) is 5.72. The van der Waals surface area contributed by atoms with Gasteiger partial charge in [0.25, 0.3) is 0 Å². The Hall–Kier alpha value is -1.85. The first-order chi connectivity index (χ1) is 8.22. The fraction of sp³-hybridized carbons (Fsp3) is 0. The molecule has 0 atom stereocenters. The Morgan fingerprint density at radius 3 is 2.82 bits per heavy atom. The smallest absolute Gasteiger partial charge is 0.303 e. The van der Waals surface area contributed by atoms with Crippen LogP contribution in [0.1, 0.15) is 0 Å². The summed E-state index contributed by atoms with van der Waals surface area (Å²) in [6, 6.07) is 0. The monoisotopic (exact) mass is 271 g/mol. The van der Waals surface area contributed by atoms with E-state index in [0.717, 1.165) is 23.3 Å². The molecule has 2 rings (SSSR count). The highest BCUT2D eigenvalue weighted by molar-refractivity contribution is 8.01. The number of aromatic nitrogens is 4. The maximum Gasteiger partial charge on any atom is 0.345 e. The van der Waals surface area contributed by atoms with E-state index in [1.807, 2.05) is 0 Å². The molecule has 0 aliphatic carbocycles. The second-order valence-electron chi connectivity index (χ2n) is 2.59. The van der Waals surface area contributed by atoms with Gasteiger partial charge in [0, 0.05) is 0 Å². The summed E-state index contributed by atoms with van der Waals surface area (Å²) in [5.41, 5.74) is 1.88. The summed E-state index contributed by atoms with van der Waals surface area (Å²) in [5, 5.41) is 11.1. The van der Waals surface area contributed by atoms with Gasteiger partial charge in [-0.05, 0) is 23.3 Å². The van der Waals surface area contributed by atoms with Crippen molar-refractivity contribution in [3.05, 3.63) is 22.8 Å². The zero-order valence-electron chi connectivity index (χ0n) is 8.10. The van der Waals surface area contributed by atoms with Crippen LogP contribution in [0.2, 0.25) is 0 Å². The molecule has 0 unspecified atom stereocenters. The van der Waals surface area contributed by atoms with Crippen molar-refractivity contribution >= 4 is 34.8 Å². The lowest BCUT2D eigenvalue weighted by molar-refractivity contribution is -0.387. The summed E-state index contributed by atoms with van der Waals surface area (Å²) in [5.74, 6) is 5.11. The van der Waals surface area contributed by atoms with E-state index >= 15 is 0 Å². The van der Waals surface area contributed by atoms with Gasteiger partial charge in [0.05, 0.1) is 4.92 Å². The van der Waals surface area contributed by atoms with Gasteiger partial charge in [-0.15, -0.1) is 0 Å². The highest BCUT2D eigenvalue weighted by Gasteiger charge is 2.23. The van der Waals surface area contributed by atoms with Crippen LogP contribution < -0.4 is 11.3 Å². The number of hydrogen-bond acceptors (Lipinski definition) is 10. The molecule has 0 saturated carbocycles. The number of nitrogens with zero attached hydrogens (tertiary/aromatic N) is 5. The SMILES string of the molecule is NNc1ncnc(Sc2ncns2)c1[N+](=O)[O-]. The quantitative estimate of drug-likeness (QED) is 0.356. The molecule has 0 radical (unpaired) electrons. The maximum atomic E-state index is 10.9. The molecule has 0 bridgehead atoms. The number of nitrogens with one attached hydrogen (secondary N) is 1. The summed E-state index contributed by atoms with van der Waals surface area (Å²) in [6.07, 6.45) is 2.55. The van der Waals surface area contributed by atoms with E-state index in [0.29, 0.717) is 4.34 Å². The predicted octanol–water partition coefficient (Wildman–Crippen LogP) is 0.673. The molecule has 88 valence electrons. The summed E-state index contributed by atoms with van der Waals surface area (Å²) < 4.78 is 4.34. The predicted molar refractivity (Wildman–Crippen MR) is 60.5 cm³/mol. The van der Waals surface area contributed by atoms with Gasteiger partial charge in [0.2, 0.25) is 5.82 Å². The first kappa shape index (κ1) is 11.6. The van der Waals surface area contributed by atoms with Gasteiger partial charge in [-0.2, -0.15) is 4.37 Å². The zero-order valence-corrected chi connectivity index (χ0v) is 9.73. The molecular weight excluding hydrogens is 266 g/mol. The van der Waals surface area contributed by atoms with E-state index in [1.54, 1.807) is 0 Å². The van der Waals surface area contributed by atoms with Crippen molar-refractivity contribution in [1.29, 1.82) is 0 Å². The van der Waals surface area contributed by atoms with Gasteiger partial charge >= 0.3 is 5.69 Å². The molecular formula is C6H5N7O2S2. The number of nitrogen functional groups attached to an aromatic ring is 1. The van der Waals surface area contributed by atoms with Gasteiger partial charge in [-0.3, -0.25) is 10.1 Å². The van der Waals surface area contributed by atoms with Crippen molar-refractivity contribution in [2.75, 3.05) is 5.43 Å². The molecule has 0 aliphatic heterocycles. The number of rotatable bonds is 4. The largest absolute Gasteiger partial charge is 0.345 e. The van der Waals surface area contributed by atoms with Gasteiger partial charge in [-0.25, -0.2) is 20.8 Å². The Morgan fingerprint density at radius 2 is 2.24 bits per heavy atom. The van der Waals surface area contributed by atoms with Gasteiger partial charge < -0.3 is 5.43 Å². The first-order valence-electron chi connectivity index (χ1n) is 4.13. The van der Waals surface area contributed by atoms with E-state index in [2.05, 4.69) is 24.8 Å². The molecule has 0 amide bonds. The second kappa shape index (κ2) is 4.99. The fourth-order valence-electron chi connectivity index (χ4n) is 0.998. The highest BCUT2D eigenvalue weighted by atomic mass is 32.2. The molecule has 3 N–H and O–H groups in total. The molecule has 0 fully saturated rings. The number of hydrazine groups is 1. The number of anilines is 1. The lowest BCUT2D eigenvalue weighted by Crippen LogP contribution is -2.11. The van der Waals surface area contributed by atoms with Crippen molar-refractivity contribution in [2.24, 2.45) is 5.84 Å². The minimum atomic E-state index is -0.599. The summed E-state index contributed by atoms with van der Waals surface area (Å²) in [6.45, 7) is 0. The summed E-state index contributed by atoms with van der Waals surface area (Å²) in [7, 11) is 0. The van der Waals surface area contributed by atoms with E-state index in [9.17, 15) is 10.1 Å². The van der Waals surface area contributed by atoms with Crippen molar-refractivity contribution in [3.8, 4) is 0 Å². The third-order valence-electron chi connectivity index (χ3n) is 1.63. The average Bonchev–Trinajstić information content (AvgIpc) is 2.81. The van der Waals surface area contributed by atoms with Gasteiger partial charge in [-0.1, -0.05) is 0 Å². The summed E-state index contributed by atoms with van der Waals surface area (Å²) in [4.78, 5) is 21.7. The Balaban J connectivity index is 2.42. The van der Waals surface area contributed by atoms with Crippen molar-refractivity contribution < 1.29 is 4.92 Å². The molecule has 0 aromatic carbocycles. The average molecular weight is 271 g/mol. The Morgan fingerprint density at radius 1 is 1.41 bits per heavy atom. The lowest BCUT2D eigenvalue weighted by atomic mass is 10.5. The molecule has 9 nitrogen and oxygen atoms in total. The third kappa shape index (κ3) is 2.46. The molecule has 17 heavy (non-hydrogen) atoms. The van der Waals surface area contributed by atoms with E-state index in [1.165, 1.54) is 12.7 Å². The van der Waals surface area contributed by atoms with Gasteiger partial charge in [0.1, 0.15) is 12.7 Å². The highest BCUT2D eigenvalue weighted by Crippen LogP contribution is 2.36. The third-order valence-corrected chi connectivity index (χ3v) is 3.34. The van der Waals surface area contributed by atoms with E-state index in [-0.39, 0.29) is 16.5 Å². The van der Waals surface area contributed by atoms with Crippen molar-refractivity contribution in [3.63, 3.8) is 0 Å². The van der Waals surface area contributed by atoms with E-state index < -0.39 is 4.92 Å². The maximum absolute atomic E-state index is 10.9. The van der Waals surface area contributed by atoms with Crippen LogP contribution in [0.15, 0.2) is 22.0 Å². The normalized spacial score (nSPS) is 10.2. The van der Waals surface area contributed by atoms with Crippen LogP contribution in [0.5, 0.6) is 0 Å². The Bertz CT molecular complexity index is 531. The van der Waals surface area contributed by atoms with E-state index in [4.69, 9.17) is 5.84 Å². The zero-order chi connectivity index (χ0) is 12.3. The number of nitro groups is 1. The standard InChI is InChI=1S/C6H5N7O2S2/c7-12-4-3(13(14)15)5(9-1-8-4)16-6-10-2-11-17-6/h1-2H,7H2,(H,8,9,12). The molecule has 2 heterocycles. The van der Waals surface area contributed by atoms with Crippen molar-refractivity contribution in [2.45, 2.75) is 9.37 Å². The molecule has 0 saturated heterocycles. The van der Waals surface area contributed by atoms with Crippen LogP contribution in [0, 0.1) is 10.1 Å². The molecule has 2 aromatic heterocycles. The van der Waals surface area contributed by atoms with Crippen LogP contribution in [-0.4, -0.2) is 24.2 Å². The molecule has 0 spiro atoms. The van der Waals surface area contributed by atoms with Crippen LogP contribution >= 0.6 is 23.3 Å². The van der Waals surface area contributed by atoms with Crippen LogP contribution in [0.25, 0.3) is 0 Å². The molecule has 2 aromatic rings. The lowest BCUT2D eigenvalue weighted by Gasteiger charge is -2.02. The van der Waals surface area contributed by atoms with Crippen LogP contribution in [-0.2, 0) is 0 Å².